The minimum Gasteiger partial charge on any atom is -0.377 e. The summed E-state index contributed by atoms with van der Waals surface area (Å²) in [4.78, 5) is 14.5. The number of likely N-dealkylation sites (tertiary alicyclic amines) is 1. The van der Waals surface area contributed by atoms with E-state index in [1.165, 1.54) is 11.3 Å². The predicted octanol–water partition coefficient (Wildman–Crippen LogP) is 2.01. The van der Waals surface area contributed by atoms with Gasteiger partial charge >= 0.3 is 6.03 Å². The molecule has 0 aromatic carbocycles. The van der Waals surface area contributed by atoms with Crippen LogP contribution < -0.4 is 5.32 Å². The van der Waals surface area contributed by atoms with Crippen LogP contribution in [0.25, 0.3) is 0 Å². The standard InChI is InChI=1S/C16H26N4O2/c1-3-22-12-6-5-9-20(11-12)16(21)18-14-7-4-8-15-13(14)10-17-19(15)2/h10,12,14H,3-9,11H2,1-2H3,(H,18,21)/t12-,14-/m0/s1. The number of carbonyl (C=O) groups excluding carboxylic acids is 1. The first-order valence-electron chi connectivity index (χ1n) is 8.37. The maximum Gasteiger partial charge on any atom is 0.317 e. The van der Waals surface area contributed by atoms with Crippen LogP contribution in [0, 0.1) is 0 Å². The van der Waals surface area contributed by atoms with Gasteiger partial charge in [-0.15, -0.1) is 0 Å². The first kappa shape index (κ1) is 15.3. The van der Waals surface area contributed by atoms with Gasteiger partial charge < -0.3 is 15.0 Å². The second kappa shape index (κ2) is 6.69. The van der Waals surface area contributed by atoms with E-state index in [-0.39, 0.29) is 18.2 Å². The van der Waals surface area contributed by atoms with Crippen molar-refractivity contribution in [2.75, 3.05) is 19.7 Å². The summed E-state index contributed by atoms with van der Waals surface area (Å²) >= 11 is 0. The van der Waals surface area contributed by atoms with Gasteiger partial charge in [0.25, 0.3) is 0 Å². The van der Waals surface area contributed by atoms with Gasteiger partial charge in [-0.2, -0.15) is 5.10 Å². The van der Waals surface area contributed by atoms with Gasteiger partial charge in [0, 0.05) is 38.0 Å². The Labute approximate surface area is 131 Å². The number of aromatic nitrogens is 2. The zero-order chi connectivity index (χ0) is 15.5. The molecule has 0 bridgehead atoms. The molecular weight excluding hydrogens is 280 g/mol. The molecule has 0 unspecified atom stereocenters. The molecule has 1 fully saturated rings. The highest BCUT2D eigenvalue weighted by molar-refractivity contribution is 5.75. The van der Waals surface area contributed by atoms with Gasteiger partial charge in [0.2, 0.25) is 0 Å². The van der Waals surface area contributed by atoms with E-state index in [0.717, 1.165) is 38.6 Å². The smallest absolute Gasteiger partial charge is 0.317 e. The number of hydrogen-bond donors (Lipinski definition) is 1. The normalized spacial score (nSPS) is 24.9. The third-order valence-corrected chi connectivity index (χ3v) is 4.74. The molecule has 1 saturated heterocycles. The summed E-state index contributed by atoms with van der Waals surface area (Å²) in [5, 5.41) is 7.54. The fourth-order valence-corrected chi connectivity index (χ4v) is 3.59. The Morgan fingerprint density at radius 3 is 3.14 bits per heavy atom. The second-order valence-electron chi connectivity index (χ2n) is 6.23. The van der Waals surface area contributed by atoms with Crippen molar-refractivity contribution in [3.63, 3.8) is 0 Å². The molecule has 2 amide bonds. The summed E-state index contributed by atoms with van der Waals surface area (Å²) < 4.78 is 7.61. The molecule has 1 aliphatic carbocycles. The van der Waals surface area contributed by atoms with E-state index in [1.807, 2.05) is 29.7 Å². The number of rotatable bonds is 3. The highest BCUT2D eigenvalue weighted by Gasteiger charge is 2.28. The Balaban J connectivity index is 1.62. The predicted molar refractivity (Wildman–Crippen MR) is 83.6 cm³/mol. The SMILES string of the molecule is CCO[C@H]1CCCN(C(=O)N[C@H]2CCCc3c2cnn3C)C1. The molecule has 0 radical (unpaired) electrons. The Kier molecular flexibility index (Phi) is 4.66. The minimum absolute atomic E-state index is 0.0334. The third kappa shape index (κ3) is 3.11. The van der Waals surface area contributed by atoms with Crippen LogP contribution >= 0.6 is 0 Å². The first-order chi connectivity index (χ1) is 10.7. The molecule has 6 nitrogen and oxygen atoms in total. The topological polar surface area (TPSA) is 59.4 Å². The Morgan fingerprint density at radius 1 is 1.45 bits per heavy atom. The Bertz CT molecular complexity index is 526. The number of ether oxygens (including phenoxy) is 1. The highest BCUT2D eigenvalue weighted by Crippen LogP contribution is 2.29. The van der Waals surface area contributed by atoms with Crippen LogP contribution in [0.5, 0.6) is 0 Å². The molecule has 1 aromatic rings. The van der Waals surface area contributed by atoms with E-state index in [2.05, 4.69) is 10.4 Å². The van der Waals surface area contributed by atoms with Crippen LogP contribution in [0.2, 0.25) is 0 Å². The molecule has 22 heavy (non-hydrogen) atoms. The summed E-state index contributed by atoms with van der Waals surface area (Å²) in [6, 6.07) is 0.128. The van der Waals surface area contributed by atoms with E-state index < -0.39 is 0 Å². The van der Waals surface area contributed by atoms with Gasteiger partial charge in [-0.05, 0) is 39.0 Å². The van der Waals surface area contributed by atoms with Gasteiger partial charge in [-0.25, -0.2) is 4.79 Å². The summed E-state index contributed by atoms with van der Waals surface area (Å²) in [5.41, 5.74) is 2.43. The molecule has 122 valence electrons. The summed E-state index contributed by atoms with van der Waals surface area (Å²) in [6.45, 7) is 4.24. The fourth-order valence-electron chi connectivity index (χ4n) is 3.59. The lowest BCUT2D eigenvalue weighted by Gasteiger charge is -2.34. The molecule has 1 N–H and O–H groups in total. The Hall–Kier alpha value is -1.56. The van der Waals surface area contributed by atoms with Gasteiger partial charge in [0.1, 0.15) is 0 Å². The number of hydrogen-bond acceptors (Lipinski definition) is 3. The van der Waals surface area contributed by atoms with E-state index in [0.29, 0.717) is 13.2 Å². The molecule has 2 atom stereocenters. The molecule has 2 heterocycles. The van der Waals surface area contributed by atoms with Crippen LogP contribution in [-0.4, -0.2) is 46.5 Å². The molecule has 1 aromatic heterocycles. The van der Waals surface area contributed by atoms with E-state index in [9.17, 15) is 4.79 Å². The van der Waals surface area contributed by atoms with Crippen LogP contribution in [0.3, 0.4) is 0 Å². The molecule has 0 saturated carbocycles. The number of fused-ring (bicyclic) bond motifs is 1. The monoisotopic (exact) mass is 306 g/mol. The minimum atomic E-state index is 0.0334. The van der Waals surface area contributed by atoms with E-state index in [1.54, 1.807) is 0 Å². The van der Waals surface area contributed by atoms with Crippen LogP contribution in [0.4, 0.5) is 4.79 Å². The van der Waals surface area contributed by atoms with Gasteiger partial charge in [0.05, 0.1) is 18.3 Å². The summed E-state index contributed by atoms with van der Waals surface area (Å²) in [5.74, 6) is 0. The van der Waals surface area contributed by atoms with Crippen LogP contribution in [-0.2, 0) is 18.2 Å². The lowest BCUT2D eigenvalue weighted by atomic mass is 9.93. The van der Waals surface area contributed by atoms with Gasteiger partial charge in [0.15, 0.2) is 0 Å². The average Bonchev–Trinajstić information content (AvgIpc) is 2.91. The van der Waals surface area contributed by atoms with Crippen molar-refractivity contribution in [2.45, 2.75) is 51.2 Å². The maximum absolute atomic E-state index is 12.6. The number of aryl methyl sites for hydroxylation is 1. The van der Waals surface area contributed by atoms with Crippen molar-refractivity contribution in [3.8, 4) is 0 Å². The molecule has 1 aliphatic heterocycles. The fraction of sp³-hybridized carbons (Fsp3) is 0.750. The zero-order valence-electron chi connectivity index (χ0n) is 13.5. The van der Waals surface area contributed by atoms with Crippen LogP contribution in [0.1, 0.15) is 49.9 Å². The molecule has 6 heteroatoms. The van der Waals surface area contributed by atoms with Crippen molar-refractivity contribution in [2.24, 2.45) is 7.05 Å². The number of carbonyl (C=O) groups is 1. The highest BCUT2D eigenvalue weighted by atomic mass is 16.5. The Morgan fingerprint density at radius 2 is 2.32 bits per heavy atom. The lowest BCUT2D eigenvalue weighted by molar-refractivity contribution is 0.0160. The number of urea groups is 1. The molecule has 0 spiro atoms. The van der Waals surface area contributed by atoms with Gasteiger partial charge in [-0.1, -0.05) is 0 Å². The number of amides is 2. The van der Waals surface area contributed by atoms with Crippen molar-refractivity contribution in [1.82, 2.24) is 20.0 Å². The number of piperidine rings is 1. The van der Waals surface area contributed by atoms with E-state index >= 15 is 0 Å². The molecular formula is C16H26N4O2. The quantitative estimate of drug-likeness (QED) is 0.929. The van der Waals surface area contributed by atoms with Gasteiger partial charge in [-0.3, -0.25) is 4.68 Å². The summed E-state index contributed by atoms with van der Waals surface area (Å²) in [7, 11) is 1.97. The number of nitrogens with one attached hydrogen (secondary N) is 1. The first-order valence-corrected chi connectivity index (χ1v) is 8.37. The van der Waals surface area contributed by atoms with Crippen molar-refractivity contribution in [1.29, 1.82) is 0 Å². The van der Waals surface area contributed by atoms with E-state index in [4.69, 9.17) is 4.74 Å². The largest absolute Gasteiger partial charge is 0.377 e. The maximum atomic E-state index is 12.6. The van der Waals surface area contributed by atoms with Crippen LogP contribution in [0.15, 0.2) is 6.20 Å². The number of nitrogens with zero attached hydrogens (tertiary/aromatic N) is 3. The molecule has 3 rings (SSSR count). The van der Waals surface area contributed by atoms with Crippen molar-refractivity contribution < 1.29 is 9.53 Å². The lowest BCUT2D eigenvalue weighted by Crippen LogP contribution is -2.48. The average molecular weight is 306 g/mol. The molecule has 2 aliphatic rings. The third-order valence-electron chi connectivity index (χ3n) is 4.74. The zero-order valence-corrected chi connectivity index (χ0v) is 13.5. The van der Waals surface area contributed by atoms with Crippen molar-refractivity contribution >= 4 is 6.03 Å². The second-order valence-corrected chi connectivity index (χ2v) is 6.23. The summed E-state index contributed by atoms with van der Waals surface area (Å²) in [6.07, 6.45) is 7.29. The van der Waals surface area contributed by atoms with Crippen molar-refractivity contribution in [3.05, 3.63) is 17.5 Å².